The monoisotopic (exact) mass is 310 g/mol. The number of hydrogen-bond donors (Lipinski definition) is 2. The van der Waals surface area contributed by atoms with Gasteiger partial charge in [-0.15, -0.1) is 0 Å². The number of carbonyl (C=O) groups excluding carboxylic acids is 1. The van der Waals surface area contributed by atoms with Gasteiger partial charge in [0.05, 0.1) is 6.10 Å². The zero-order chi connectivity index (χ0) is 15.7. The van der Waals surface area contributed by atoms with E-state index >= 15 is 0 Å². The van der Waals surface area contributed by atoms with Gasteiger partial charge in [-0.1, -0.05) is 6.07 Å². The van der Waals surface area contributed by atoms with Crippen LogP contribution in [0.1, 0.15) is 23.3 Å². The number of hydrogen-bond acceptors (Lipinski definition) is 3. The summed E-state index contributed by atoms with van der Waals surface area (Å²) in [5.41, 5.74) is 0.855. The van der Waals surface area contributed by atoms with Crippen LogP contribution in [0, 0.1) is 0 Å². The lowest BCUT2D eigenvalue weighted by molar-refractivity contribution is -0.0487. The third-order valence-corrected chi connectivity index (χ3v) is 3.75. The number of carbonyl (C=O) groups is 1. The van der Waals surface area contributed by atoms with Gasteiger partial charge in [0.15, 0.2) is 0 Å². The minimum absolute atomic E-state index is 0.0291. The molecule has 0 spiro atoms. The second-order valence-corrected chi connectivity index (χ2v) is 5.33. The molecule has 0 saturated carbocycles. The smallest absolute Gasteiger partial charge is 0.387 e. The summed E-state index contributed by atoms with van der Waals surface area (Å²) in [4.78, 5) is 16.9. The fourth-order valence-electron chi connectivity index (χ4n) is 2.75. The highest BCUT2D eigenvalue weighted by Crippen LogP contribution is 2.28. The highest BCUT2D eigenvalue weighted by atomic mass is 19.3. The van der Waals surface area contributed by atoms with E-state index in [1.54, 1.807) is 17.0 Å². The van der Waals surface area contributed by atoms with Crippen molar-refractivity contribution in [2.75, 3.05) is 13.1 Å². The average molecular weight is 310 g/mol. The minimum atomic E-state index is -2.92. The van der Waals surface area contributed by atoms with Crippen molar-refractivity contribution in [2.45, 2.75) is 25.6 Å². The van der Waals surface area contributed by atoms with Crippen LogP contribution in [0.15, 0.2) is 24.3 Å². The maximum absolute atomic E-state index is 12.4. The minimum Gasteiger partial charge on any atom is -0.434 e. The normalized spacial score (nSPS) is 18.9. The van der Waals surface area contributed by atoms with E-state index in [2.05, 4.69) is 9.72 Å². The van der Waals surface area contributed by atoms with Crippen molar-refractivity contribution in [3.05, 3.63) is 30.0 Å². The number of alkyl halides is 2. The molecule has 1 fully saturated rings. The molecule has 1 atom stereocenters. The van der Waals surface area contributed by atoms with E-state index in [1.165, 1.54) is 12.1 Å². The van der Waals surface area contributed by atoms with Gasteiger partial charge < -0.3 is 19.7 Å². The molecular weight excluding hydrogens is 294 g/mol. The van der Waals surface area contributed by atoms with Crippen LogP contribution in [-0.2, 0) is 0 Å². The third kappa shape index (κ3) is 2.89. The first-order valence-corrected chi connectivity index (χ1v) is 7.08. The average Bonchev–Trinajstić information content (AvgIpc) is 2.91. The molecule has 118 valence electrons. The van der Waals surface area contributed by atoms with Gasteiger partial charge in [0.2, 0.25) is 0 Å². The van der Waals surface area contributed by atoms with Crippen LogP contribution in [0.5, 0.6) is 5.75 Å². The molecule has 1 aliphatic rings. The number of aliphatic hydroxyl groups is 1. The third-order valence-electron chi connectivity index (χ3n) is 3.75. The van der Waals surface area contributed by atoms with Crippen LogP contribution in [0.3, 0.4) is 0 Å². The number of benzene rings is 1. The molecule has 1 saturated heterocycles. The van der Waals surface area contributed by atoms with Crippen LogP contribution >= 0.6 is 0 Å². The number of fused-ring (bicyclic) bond motifs is 1. The summed E-state index contributed by atoms with van der Waals surface area (Å²) in [5, 5.41) is 10.1. The van der Waals surface area contributed by atoms with E-state index < -0.39 is 12.7 Å². The summed E-state index contributed by atoms with van der Waals surface area (Å²) in [6.45, 7) is -2.06. The summed E-state index contributed by atoms with van der Waals surface area (Å²) < 4.78 is 29.3. The number of rotatable bonds is 3. The number of halogens is 2. The summed E-state index contributed by atoms with van der Waals surface area (Å²) in [7, 11) is 0. The summed E-state index contributed by atoms with van der Waals surface area (Å²) in [6, 6.07) is 6.21. The number of likely N-dealkylation sites (tertiary alicyclic amines) is 1. The van der Waals surface area contributed by atoms with Gasteiger partial charge >= 0.3 is 6.61 Å². The molecular formula is C15H16F2N2O3. The van der Waals surface area contributed by atoms with Crippen LogP contribution < -0.4 is 4.74 Å². The van der Waals surface area contributed by atoms with Crippen molar-refractivity contribution in [1.82, 2.24) is 9.88 Å². The van der Waals surface area contributed by atoms with Gasteiger partial charge in [0.25, 0.3) is 5.91 Å². The number of H-pyrrole nitrogens is 1. The van der Waals surface area contributed by atoms with Crippen LogP contribution in [-0.4, -0.2) is 46.7 Å². The molecule has 1 amide bonds. The zero-order valence-electron chi connectivity index (χ0n) is 11.8. The molecule has 3 rings (SSSR count). The number of aromatic nitrogens is 1. The van der Waals surface area contributed by atoms with Gasteiger partial charge in [-0.2, -0.15) is 8.78 Å². The maximum Gasteiger partial charge on any atom is 0.387 e. The molecule has 1 aromatic heterocycles. The number of amides is 1. The standard InChI is InChI=1S/C15H16F2N2O3/c16-15(17)22-13-5-1-4-11-10(13)7-12(18-11)14(21)19-6-2-3-9(20)8-19/h1,4-5,7,9,15,18,20H,2-3,6,8H2. The number of piperidine rings is 1. The van der Waals surface area contributed by atoms with Crippen molar-refractivity contribution >= 4 is 16.8 Å². The van der Waals surface area contributed by atoms with Crippen molar-refractivity contribution in [2.24, 2.45) is 0 Å². The molecule has 2 aromatic rings. The fourth-order valence-corrected chi connectivity index (χ4v) is 2.75. The topological polar surface area (TPSA) is 65.6 Å². The summed E-state index contributed by atoms with van der Waals surface area (Å²) >= 11 is 0. The first-order valence-electron chi connectivity index (χ1n) is 7.08. The molecule has 1 aliphatic heterocycles. The highest BCUT2D eigenvalue weighted by Gasteiger charge is 2.24. The number of aromatic amines is 1. The number of nitrogens with zero attached hydrogens (tertiary/aromatic N) is 1. The Morgan fingerprint density at radius 2 is 2.27 bits per heavy atom. The Morgan fingerprint density at radius 1 is 1.45 bits per heavy atom. The second-order valence-electron chi connectivity index (χ2n) is 5.33. The Labute approximate surface area is 125 Å². The van der Waals surface area contributed by atoms with Gasteiger partial charge in [0, 0.05) is 24.0 Å². The molecule has 0 bridgehead atoms. The Bertz CT molecular complexity index is 686. The lowest BCUT2D eigenvalue weighted by Crippen LogP contribution is -2.42. The van der Waals surface area contributed by atoms with Gasteiger partial charge in [-0.05, 0) is 31.0 Å². The Hall–Kier alpha value is -2.15. The van der Waals surface area contributed by atoms with E-state index in [0.29, 0.717) is 29.6 Å². The van der Waals surface area contributed by atoms with E-state index in [1.807, 2.05) is 0 Å². The van der Waals surface area contributed by atoms with Gasteiger partial charge in [-0.25, -0.2) is 0 Å². The predicted molar refractivity (Wildman–Crippen MR) is 76.1 cm³/mol. The van der Waals surface area contributed by atoms with Crippen molar-refractivity contribution in [1.29, 1.82) is 0 Å². The molecule has 1 aromatic carbocycles. The first kappa shape index (κ1) is 14.8. The van der Waals surface area contributed by atoms with Gasteiger partial charge in [-0.3, -0.25) is 4.79 Å². The summed E-state index contributed by atoms with van der Waals surface area (Å²) in [5.74, 6) is -0.223. The van der Waals surface area contributed by atoms with E-state index in [4.69, 9.17) is 0 Å². The number of nitrogens with one attached hydrogen (secondary N) is 1. The molecule has 7 heteroatoms. The van der Waals surface area contributed by atoms with Gasteiger partial charge in [0.1, 0.15) is 11.4 Å². The van der Waals surface area contributed by atoms with E-state index in [9.17, 15) is 18.7 Å². The SMILES string of the molecule is O=C(c1cc2c(OC(F)F)cccc2[nH]1)N1CCCC(O)C1. The van der Waals surface area contributed by atoms with Crippen molar-refractivity contribution < 1.29 is 23.4 Å². The van der Waals surface area contributed by atoms with E-state index in [0.717, 1.165) is 6.42 Å². The molecule has 22 heavy (non-hydrogen) atoms. The largest absolute Gasteiger partial charge is 0.434 e. The highest BCUT2D eigenvalue weighted by molar-refractivity contribution is 5.99. The number of aliphatic hydroxyl groups excluding tert-OH is 1. The number of ether oxygens (including phenoxy) is 1. The number of β-amino-alcohol motifs (C(OH)–C–C–N with tert-alkyl or cyclic N) is 1. The zero-order valence-corrected chi connectivity index (χ0v) is 11.8. The lowest BCUT2D eigenvalue weighted by Gasteiger charge is -2.29. The predicted octanol–water partition coefficient (Wildman–Crippen LogP) is 2.37. The molecule has 1 unspecified atom stereocenters. The Kier molecular flexibility index (Phi) is 3.98. The van der Waals surface area contributed by atoms with Crippen LogP contribution in [0.4, 0.5) is 8.78 Å². The van der Waals surface area contributed by atoms with Crippen molar-refractivity contribution in [3.8, 4) is 5.75 Å². The molecule has 0 radical (unpaired) electrons. The first-order chi connectivity index (χ1) is 10.5. The quantitative estimate of drug-likeness (QED) is 0.914. The van der Waals surface area contributed by atoms with Crippen LogP contribution in [0.25, 0.3) is 10.9 Å². The van der Waals surface area contributed by atoms with Crippen LogP contribution in [0.2, 0.25) is 0 Å². The second kappa shape index (κ2) is 5.92. The molecule has 0 aliphatic carbocycles. The Morgan fingerprint density at radius 3 is 3.00 bits per heavy atom. The molecule has 5 nitrogen and oxygen atoms in total. The lowest BCUT2D eigenvalue weighted by atomic mass is 10.1. The Balaban J connectivity index is 1.89. The maximum atomic E-state index is 12.4. The molecule has 2 heterocycles. The fraction of sp³-hybridized carbons (Fsp3) is 0.400. The van der Waals surface area contributed by atoms with E-state index in [-0.39, 0.29) is 18.2 Å². The van der Waals surface area contributed by atoms with Crippen molar-refractivity contribution in [3.63, 3.8) is 0 Å². The molecule has 2 N–H and O–H groups in total. The summed E-state index contributed by atoms with van der Waals surface area (Å²) in [6.07, 6.45) is 0.912.